The zero-order valence-electron chi connectivity index (χ0n) is 15.4. The summed E-state index contributed by atoms with van der Waals surface area (Å²) >= 11 is 0. The number of rotatable bonds is 3. The van der Waals surface area contributed by atoms with Gasteiger partial charge in [0, 0.05) is 50.3 Å². The van der Waals surface area contributed by atoms with Crippen LogP contribution in [0.4, 0.5) is 11.6 Å². The SMILES string of the molecule is CCN1CCN(c2ncc(C(=O)N3c4ccccc4CC3C)cn2)CC1. The minimum absolute atomic E-state index is 0.0233. The third-order valence-electron chi connectivity index (χ3n) is 5.41. The molecule has 6 nitrogen and oxygen atoms in total. The molecule has 1 aromatic heterocycles. The lowest BCUT2D eigenvalue weighted by Crippen LogP contribution is -2.46. The summed E-state index contributed by atoms with van der Waals surface area (Å²) in [5, 5.41) is 0. The molecule has 2 aliphatic rings. The van der Waals surface area contributed by atoms with E-state index in [0.29, 0.717) is 11.5 Å². The topological polar surface area (TPSA) is 52.6 Å². The normalized spacial score (nSPS) is 20.3. The Morgan fingerprint density at radius 3 is 2.50 bits per heavy atom. The van der Waals surface area contributed by atoms with Gasteiger partial charge in [-0.3, -0.25) is 4.79 Å². The molecule has 0 saturated carbocycles. The van der Waals surface area contributed by atoms with E-state index in [9.17, 15) is 4.79 Å². The van der Waals surface area contributed by atoms with Crippen molar-refractivity contribution in [1.29, 1.82) is 0 Å². The van der Waals surface area contributed by atoms with Crippen molar-refractivity contribution in [2.45, 2.75) is 26.3 Å². The summed E-state index contributed by atoms with van der Waals surface area (Å²) < 4.78 is 0. The molecular formula is C20H25N5O. The number of fused-ring (bicyclic) bond motifs is 1. The minimum atomic E-state index is -0.0233. The third kappa shape index (κ3) is 3.05. The number of hydrogen-bond acceptors (Lipinski definition) is 5. The molecule has 3 heterocycles. The molecule has 0 spiro atoms. The van der Waals surface area contributed by atoms with Gasteiger partial charge >= 0.3 is 0 Å². The van der Waals surface area contributed by atoms with Crippen molar-refractivity contribution in [3.63, 3.8) is 0 Å². The summed E-state index contributed by atoms with van der Waals surface area (Å²) in [4.78, 5) is 28.4. The van der Waals surface area contributed by atoms with Crippen LogP contribution in [0.2, 0.25) is 0 Å². The van der Waals surface area contributed by atoms with E-state index in [0.717, 1.165) is 44.8 Å². The Hall–Kier alpha value is -2.47. The highest BCUT2D eigenvalue weighted by Gasteiger charge is 2.31. The number of hydrogen-bond donors (Lipinski definition) is 0. The maximum absolute atomic E-state index is 13.0. The number of nitrogens with zero attached hydrogens (tertiary/aromatic N) is 5. The quantitative estimate of drug-likeness (QED) is 0.849. The largest absolute Gasteiger partial charge is 0.338 e. The predicted octanol–water partition coefficient (Wildman–Crippen LogP) is 2.21. The van der Waals surface area contributed by atoms with Crippen LogP contribution in [0, 0.1) is 0 Å². The second-order valence-corrected chi connectivity index (χ2v) is 7.05. The number of carbonyl (C=O) groups excluding carboxylic acids is 1. The zero-order valence-corrected chi connectivity index (χ0v) is 15.4. The van der Waals surface area contributed by atoms with Gasteiger partial charge in [-0.2, -0.15) is 0 Å². The first-order chi connectivity index (χ1) is 12.7. The Kier molecular flexibility index (Phi) is 4.59. The van der Waals surface area contributed by atoms with Crippen molar-refractivity contribution in [2.24, 2.45) is 0 Å². The second-order valence-electron chi connectivity index (χ2n) is 7.05. The Morgan fingerprint density at radius 2 is 1.81 bits per heavy atom. The van der Waals surface area contributed by atoms with E-state index in [1.807, 2.05) is 23.1 Å². The van der Waals surface area contributed by atoms with Gasteiger partial charge in [0.15, 0.2) is 0 Å². The molecule has 0 N–H and O–H groups in total. The van der Waals surface area contributed by atoms with Crippen LogP contribution >= 0.6 is 0 Å². The Bertz CT molecular complexity index is 783. The maximum Gasteiger partial charge on any atom is 0.261 e. The fourth-order valence-electron chi connectivity index (χ4n) is 3.87. The van der Waals surface area contributed by atoms with Gasteiger partial charge in [-0.25, -0.2) is 9.97 Å². The Balaban J connectivity index is 1.50. The van der Waals surface area contributed by atoms with E-state index >= 15 is 0 Å². The number of anilines is 2. The number of piperazine rings is 1. The number of amides is 1. The highest BCUT2D eigenvalue weighted by atomic mass is 16.2. The van der Waals surface area contributed by atoms with Gasteiger partial charge in [-0.05, 0) is 31.5 Å². The molecule has 4 rings (SSSR count). The molecule has 1 atom stereocenters. The van der Waals surface area contributed by atoms with E-state index < -0.39 is 0 Å². The molecule has 0 radical (unpaired) electrons. The standard InChI is InChI=1S/C20H25N5O/c1-3-23-8-10-24(11-9-23)20-21-13-17(14-22-20)19(26)25-15(2)12-16-6-4-5-7-18(16)25/h4-7,13-15H,3,8-12H2,1-2H3. The summed E-state index contributed by atoms with van der Waals surface area (Å²) in [6.45, 7) is 9.27. The van der Waals surface area contributed by atoms with Crippen LogP contribution in [-0.4, -0.2) is 59.5 Å². The van der Waals surface area contributed by atoms with Crippen molar-refractivity contribution in [2.75, 3.05) is 42.5 Å². The summed E-state index contributed by atoms with van der Waals surface area (Å²) in [6, 6.07) is 8.26. The van der Waals surface area contributed by atoms with Crippen LogP contribution in [0.15, 0.2) is 36.7 Å². The molecule has 0 aliphatic carbocycles. The van der Waals surface area contributed by atoms with E-state index in [2.05, 4.69) is 39.7 Å². The van der Waals surface area contributed by atoms with Gasteiger partial charge in [0.25, 0.3) is 5.91 Å². The first kappa shape index (κ1) is 17.0. The van der Waals surface area contributed by atoms with Crippen molar-refractivity contribution >= 4 is 17.5 Å². The molecule has 26 heavy (non-hydrogen) atoms. The first-order valence-corrected chi connectivity index (χ1v) is 9.38. The van der Waals surface area contributed by atoms with Crippen LogP contribution in [-0.2, 0) is 6.42 Å². The van der Waals surface area contributed by atoms with E-state index in [-0.39, 0.29) is 11.9 Å². The monoisotopic (exact) mass is 351 g/mol. The third-order valence-corrected chi connectivity index (χ3v) is 5.41. The van der Waals surface area contributed by atoms with E-state index in [4.69, 9.17) is 0 Å². The molecule has 2 aromatic rings. The molecule has 1 unspecified atom stereocenters. The van der Waals surface area contributed by atoms with Crippen LogP contribution < -0.4 is 9.80 Å². The summed E-state index contributed by atoms with van der Waals surface area (Å²) in [6.07, 6.45) is 4.23. The number of aromatic nitrogens is 2. The fourth-order valence-corrected chi connectivity index (χ4v) is 3.87. The number of carbonyl (C=O) groups is 1. The van der Waals surface area contributed by atoms with E-state index in [1.54, 1.807) is 12.4 Å². The van der Waals surface area contributed by atoms with Crippen LogP contribution in [0.25, 0.3) is 0 Å². The number of para-hydroxylation sites is 1. The summed E-state index contributed by atoms with van der Waals surface area (Å²) in [5.74, 6) is 0.692. The molecule has 136 valence electrons. The van der Waals surface area contributed by atoms with Gasteiger partial charge in [0.05, 0.1) is 5.56 Å². The molecule has 1 aromatic carbocycles. The van der Waals surface area contributed by atoms with Crippen LogP contribution in [0.1, 0.15) is 29.8 Å². The number of benzene rings is 1. The molecule has 0 bridgehead atoms. The first-order valence-electron chi connectivity index (χ1n) is 9.38. The number of likely N-dealkylation sites (N-methyl/N-ethyl adjacent to an activating group) is 1. The average Bonchev–Trinajstić information content (AvgIpc) is 3.03. The van der Waals surface area contributed by atoms with Crippen molar-refractivity contribution in [3.8, 4) is 0 Å². The van der Waals surface area contributed by atoms with Crippen LogP contribution in [0.3, 0.4) is 0 Å². The maximum atomic E-state index is 13.0. The fraction of sp³-hybridized carbons (Fsp3) is 0.450. The second kappa shape index (κ2) is 7.03. The average molecular weight is 351 g/mol. The molecule has 1 saturated heterocycles. The van der Waals surface area contributed by atoms with Gasteiger partial charge in [0.2, 0.25) is 5.95 Å². The van der Waals surface area contributed by atoms with E-state index in [1.165, 1.54) is 5.56 Å². The Labute approximate surface area is 154 Å². The lowest BCUT2D eigenvalue weighted by molar-refractivity contribution is 0.0981. The van der Waals surface area contributed by atoms with Gasteiger partial charge in [-0.1, -0.05) is 25.1 Å². The minimum Gasteiger partial charge on any atom is -0.338 e. The molecule has 1 fully saturated rings. The smallest absolute Gasteiger partial charge is 0.261 e. The van der Waals surface area contributed by atoms with Crippen molar-refractivity contribution in [3.05, 3.63) is 47.8 Å². The zero-order chi connectivity index (χ0) is 18.1. The predicted molar refractivity (Wildman–Crippen MR) is 103 cm³/mol. The Morgan fingerprint density at radius 1 is 1.12 bits per heavy atom. The van der Waals surface area contributed by atoms with Crippen molar-refractivity contribution in [1.82, 2.24) is 14.9 Å². The molecule has 6 heteroatoms. The van der Waals surface area contributed by atoms with Crippen molar-refractivity contribution < 1.29 is 4.79 Å². The molecule has 2 aliphatic heterocycles. The molecular weight excluding hydrogens is 326 g/mol. The molecule has 1 amide bonds. The highest BCUT2D eigenvalue weighted by Crippen LogP contribution is 2.32. The highest BCUT2D eigenvalue weighted by molar-refractivity contribution is 6.07. The van der Waals surface area contributed by atoms with Gasteiger partial charge < -0.3 is 14.7 Å². The lowest BCUT2D eigenvalue weighted by atomic mass is 10.1. The van der Waals surface area contributed by atoms with Gasteiger partial charge in [0.1, 0.15) is 0 Å². The van der Waals surface area contributed by atoms with Crippen LogP contribution in [0.5, 0.6) is 0 Å². The summed E-state index contributed by atoms with van der Waals surface area (Å²) in [7, 11) is 0. The van der Waals surface area contributed by atoms with Gasteiger partial charge in [-0.15, -0.1) is 0 Å². The summed E-state index contributed by atoms with van der Waals surface area (Å²) in [5.41, 5.74) is 2.77. The lowest BCUT2D eigenvalue weighted by Gasteiger charge is -2.34.